The largest absolute Gasteiger partial charge is 0.335 e. The molecule has 1 atom stereocenters. The maximum Gasteiger partial charge on any atom is 0.255 e. The summed E-state index contributed by atoms with van der Waals surface area (Å²) in [7, 11) is -1.46. The van der Waals surface area contributed by atoms with E-state index in [0.29, 0.717) is 5.56 Å². The Morgan fingerprint density at radius 1 is 1.09 bits per heavy atom. The molecule has 6 heteroatoms. The number of nitrogens with zero attached hydrogens (tertiary/aromatic N) is 1. The predicted molar refractivity (Wildman–Crippen MR) is 99.2 cm³/mol. The molecule has 4 nitrogen and oxygen atoms in total. The lowest BCUT2D eigenvalue weighted by molar-refractivity contribution is 0.0741. The molecule has 0 saturated heterocycles. The van der Waals surface area contributed by atoms with Crippen molar-refractivity contribution < 1.29 is 13.2 Å². The smallest absolute Gasteiger partial charge is 0.255 e. The lowest BCUT2D eigenvalue weighted by Crippen LogP contribution is -2.30. The van der Waals surface area contributed by atoms with Crippen molar-refractivity contribution in [2.75, 3.05) is 13.3 Å². The van der Waals surface area contributed by atoms with Crippen LogP contribution < -0.4 is 0 Å². The van der Waals surface area contributed by atoms with Crippen LogP contribution in [0.2, 0.25) is 0 Å². The molecule has 2 aromatic rings. The van der Waals surface area contributed by atoms with Crippen LogP contribution in [0, 0.1) is 3.57 Å². The van der Waals surface area contributed by atoms with Crippen molar-refractivity contribution in [2.45, 2.75) is 17.9 Å². The summed E-state index contributed by atoms with van der Waals surface area (Å²) in [6, 6.07) is 13.9. The van der Waals surface area contributed by atoms with Gasteiger partial charge >= 0.3 is 0 Å². The van der Waals surface area contributed by atoms with Gasteiger partial charge in [0.25, 0.3) is 5.91 Å². The number of benzene rings is 2. The normalized spacial score (nSPS) is 12.7. The second-order valence-corrected chi connectivity index (χ2v) is 8.59. The molecular weight excluding hydrogens is 425 g/mol. The molecular formula is C17H18INO3S. The summed E-state index contributed by atoms with van der Waals surface area (Å²) in [6.45, 7) is 1.92. The Bertz CT molecular complexity index is 816. The molecule has 122 valence electrons. The van der Waals surface area contributed by atoms with Gasteiger partial charge in [0.1, 0.15) is 0 Å². The Balaban J connectivity index is 2.24. The van der Waals surface area contributed by atoms with Crippen molar-refractivity contribution in [1.82, 2.24) is 4.90 Å². The molecule has 0 fully saturated rings. The maximum absolute atomic E-state index is 12.6. The highest BCUT2D eigenvalue weighted by atomic mass is 127. The van der Waals surface area contributed by atoms with Gasteiger partial charge in [-0.3, -0.25) is 4.79 Å². The monoisotopic (exact) mass is 443 g/mol. The fraction of sp³-hybridized carbons (Fsp3) is 0.235. The third-order valence-corrected chi connectivity index (χ3v) is 5.87. The minimum absolute atomic E-state index is 0.0605. The summed E-state index contributed by atoms with van der Waals surface area (Å²) in [4.78, 5) is 14.6. The minimum Gasteiger partial charge on any atom is -0.335 e. The minimum atomic E-state index is -3.21. The van der Waals surface area contributed by atoms with Crippen molar-refractivity contribution in [3.8, 4) is 0 Å². The van der Waals surface area contributed by atoms with Crippen LogP contribution in [0.1, 0.15) is 28.9 Å². The highest BCUT2D eigenvalue weighted by Gasteiger charge is 2.20. The fourth-order valence-electron chi connectivity index (χ4n) is 2.22. The molecule has 23 heavy (non-hydrogen) atoms. The van der Waals surface area contributed by atoms with Crippen molar-refractivity contribution in [3.63, 3.8) is 0 Å². The van der Waals surface area contributed by atoms with Gasteiger partial charge in [-0.15, -0.1) is 0 Å². The Hall–Kier alpha value is -1.41. The van der Waals surface area contributed by atoms with Crippen LogP contribution >= 0.6 is 22.6 Å². The Morgan fingerprint density at radius 2 is 1.65 bits per heavy atom. The molecule has 2 rings (SSSR count). The van der Waals surface area contributed by atoms with E-state index in [-0.39, 0.29) is 16.8 Å². The van der Waals surface area contributed by atoms with Gasteiger partial charge in [-0.1, -0.05) is 24.3 Å². The SMILES string of the molecule is C[C@@H](c1ccc(S(C)(=O)=O)cc1)N(C)C(=O)c1ccccc1I. The summed E-state index contributed by atoms with van der Waals surface area (Å²) in [5.74, 6) is -0.0605. The molecule has 0 radical (unpaired) electrons. The van der Waals surface area contributed by atoms with Crippen molar-refractivity contribution in [2.24, 2.45) is 0 Å². The molecule has 0 spiro atoms. The fourth-order valence-corrected chi connectivity index (χ4v) is 3.47. The zero-order valence-electron chi connectivity index (χ0n) is 13.2. The molecule has 0 aromatic heterocycles. The van der Waals surface area contributed by atoms with Gasteiger partial charge in [0.2, 0.25) is 0 Å². The van der Waals surface area contributed by atoms with E-state index >= 15 is 0 Å². The number of hydrogen-bond acceptors (Lipinski definition) is 3. The van der Waals surface area contributed by atoms with E-state index in [1.165, 1.54) is 6.26 Å². The van der Waals surface area contributed by atoms with Crippen LogP contribution in [0.3, 0.4) is 0 Å². The van der Waals surface area contributed by atoms with Gasteiger partial charge in [0.05, 0.1) is 16.5 Å². The molecule has 0 unspecified atom stereocenters. The summed E-state index contributed by atoms with van der Waals surface area (Å²) < 4.78 is 23.9. The van der Waals surface area contributed by atoms with Crippen LogP contribution in [0.4, 0.5) is 0 Å². The molecule has 0 heterocycles. The first-order chi connectivity index (χ1) is 10.7. The number of sulfone groups is 1. The highest BCUT2D eigenvalue weighted by Crippen LogP contribution is 2.23. The first-order valence-electron chi connectivity index (χ1n) is 7.03. The Morgan fingerprint density at radius 3 is 2.17 bits per heavy atom. The van der Waals surface area contributed by atoms with E-state index in [4.69, 9.17) is 0 Å². The van der Waals surface area contributed by atoms with E-state index in [1.807, 2.05) is 25.1 Å². The zero-order valence-corrected chi connectivity index (χ0v) is 16.1. The quantitative estimate of drug-likeness (QED) is 0.680. The van der Waals surface area contributed by atoms with Crippen LogP contribution in [0.15, 0.2) is 53.4 Å². The number of carbonyl (C=O) groups excluding carboxylic acids is 1. The second kappa shape index (κ2) is 7.00. The predicted octanol–water partition coefficient (Wildman–Crippen LogP) is 3.53. The molecule has 0 aliphatic carbocycles. The number of halogens is 1. The van der Waals surface area contributed by atoms with Gasteiger partial charge in [-0.2, -0.15) is 0 Å². The lowest BCUT2D eigenvalue weighted by atomic mass is 10.1. The second-order valence-electron chi connectivity index (χ2n) is 5.41. The van der Waals surface area contributed by atoms with Crippen molar-refractivity contribution in [3.05, 3.63) is 63.2 Å². The van der Waals surface area contributed by atoms with Gasteiger partial charge in [0, 0.05) is 16.9 Å². The van der Waals surface area contributed by atoms with E-state index in [0.717, 1.165) is 9.13 Å². The number of hydrogen-bond donors (Lipinski definition) is 0. The average molecular weight is 443 g/mol. The average Bonchev–Trinajstić information content (AvgIpc) is 2.52. The number of carbonyl (C=O) groups is 1. The lowest BCUT2D eigenvalue weighted by Gasteiger charge is -2.26. The van der Waals surface area contributed by atoms with Crippen molar-refractivity contribution in [1.29, 1.82) is 0 Å². The molecule has 2 aromatic carbocycles. The van der Waals surface area contributed by atoms with Gasteiger partial charge in [-0.25, -0.2) is 8.42 Å². The van der Waals surface area contributed by atoms with Crippen LogP contribution in [0.25, 0.3) is 0 Å². The number of rotatable bonds is 4. The third-order valence-electron chi connectivity index (χ3n) is 3.80. The van der Waals surface area contributed by atoms with Crippen LogP contribution in [0.5, 0.6) is 0 Å². The number of amides is 1. The summed E-state index contributed by atoms with van der Waals surface area (Å²) in [6.07, 6.45) is 1.18. The van der Waals surface area contributed by atoms with Crippen molar-refractivity contribution >= 4 is 38.3 Å². The van der Waals surface area contributed by atoms with Gasteiger partial charge < -0.3 is 4.90 Å². The Kier molecular flexibility index (Phi) is 5.46. The first kappa shape index (κ1) is 17.9. The topological polar surface area (TPSA) is 54.5 Å². The third kappa shape index (κ3) is 4.11. The molecule has 0 N–H and O–H groups in total. The summed E-state index contributed by atoms with van der Waals surface area (Å²) in [5.41, 5.74) is 1.55. The molecule has 0 aliphatic heterocycles. The maximum atomic E-state index is 12.6. The summed E-state index contributed by atoms with van der Waals surface area (Å²) >= 11 is 2.15. The molecule has 0 bridgehead atoms. The van der Waals surface area contributed by atoms with E-state index in [9.17, 15) is 13.2 Å². The summed E-state index contributed by atoms with van der Waals surface area (Å²) in [5, 5.41) is 0. The van der Waals surface area contributed by atoms with Crippen LogP contribution in [-0.4, -0.2) is 32.5 Å². The van der Waals surface area contributed by atoms with Crippen LogP contribution in [-0.2, 0) is 9.84 Å². The van der Waals surface area contributed by atoms with E-state index in [2.05, 4.69) is 22.6 Å². The molecule has 0 aliphatic rings. The first-order valence-corrected chi connectivity index (χ1v) is 10.0. The van der Waals surface area contributed by atoms with Gasteiger partial charge in [-0.05, 0) is 59.3 Å². The van der Waals surface area contributed by atoms with E-state index in [1.54, 1.807) is 42.3 Å². The molecule has 1 amide bonds. The highest BCUT2D eigenvalue weighted by molar-refractivity contribution is 14.1. The van der Waals surface area contributed by atoms with E-state index < -0.39 is 9.84 Å². The standard InChI is InChI=1S/C17H18INO3S/c1-12(13-8-10-14(11-9-13)23(3,21)22)19(2)17(20)15-6-4-5-7-16(15)18/h4-12H,1-3H3/t12-/m0/s1. The Labute approximate surface area is 150 Å². The molecule has 0 saturated carbocycles. The zero-order chi connectivity index (χ0) is 17.2. The van der Waals surface area contributed by atoms with Gasteiger partial charge in [0.15, 0.2) is 9.84 Å².